The lowest BCUT2D eigenvalue weighted by molar-refractivity contribution is -0.132. The summed E-state index contributed by atoms with van der Waals surface area (Å²) in [4.78, 5) is 19.4. The summed E-state index contributed by atoms with van der Waals surface area (Å²) in [5, 5.41) is 0. The minimum Gasteiger partial charge on any atom is -0.495 e. The van der Waals surface area contributed by atoms with Crippen LogP contribution in [0.2, 0.25) is 0 Å². The molecule has 1 amide bonds. The second-order valence-electron chi connectivity index (χ2n) is 7.72. The number of hydrogen-bond donors (Lipinski definition) is 2. The molecule has 0 saturated carbocycles. The molecule has 9 nitrogen and oxygen atoms in total. The number of methoxy groups -OCH3 is 1. The van der Waals surface area contributed by atoms with Gasteiger partial charge < -0.3 is 14.5 Å². The van der Waals surface area contributed by atoms with Crippen LogP contribution >= 0.6 is 0 Å². The third-order valence-electron chi connectivity index (χ3n) is 5.63. The van der Waals surface area contributed by atoms with Crippen LogP contribution in [0.5, 0.6) is 5.75 Å². The quantitative estimate of drug-likeness (QED) is 0.660. The molecule has 1 saturated heterocycles. The van der Waals surface area contributed by atoms with E-state index in [1.165, 1.54) is 11.1 Å². The Labute approximate surface area is 188 Å². The molecule has 0 spiro atoms. The largest absolute Gasteiger partial charge is 0.495 e. The van der Waals surface area contributed by atoms with Crippen molar-refractivity contribution < 1.29 is 27.1 Å². The molecule has 2 heterocycles. The standard InChI is InChI=1S/C22H27N3O2.H2O4S/c1-27-21-9-5-4-8-20(21)24-12-14-25(15-13-24)22(26)17-23-11-10-18-6-2-3-7-19(18)16-23;1-5(2,3)4/h2-9H,10-17H2,1H3;(H2,1,2,3,4). The van der Waals surface area contributed by atoms with E-state index in [4.69, 9.17) is 22.3 Å². The lowest BCUT2D eigenvalue weighted by atomic mass is 10.00. The van der Waals surface area contributed by atoms with Gasteiger partial charge in [-0.1, -0.05) is 36.4 Å². The maximum Gasteiger partial charge on any atom is 0.394 e. The number of ether oxygens (including phenoxy) is 1. The Morgan fingerprint density at radius 2 is 1.53 bits per heavy atom. The van der Waals surface area contributed by atoms with Crippen molar-refractivity contribution in [1.82, 2.24) is 9.80 Å². The summed E-state index contributed by atoms with van der Waals surface area (Å²) in [6.45, 7) is 5.57. The predicted octanol–water partition coefficient (Wildman–Crippen LogP) is 1.75. The molecule has 0 radical (unpaired) electrons. The molecule has 2 aliphatic rings. The second-order valence-corrected chi connectivity index (χ2v) is 8.61. The molecule has 0 bridgehead atoms. The van der Waals surface area contributed by atoms with Gasteiger partial charge in [-0.15, -0.1) is 0 Å². The molecule has 2 N–H and O–H groups in total. The molecule has 0 aromatic heterocycles. The van der Waals surface area contributed by atoms with Crippen molar-refractivity contribution in [3.05, 3.63) is 59.7 Å². The zero-order chi connectivity index (χ0) is 23.1. The summed E-state index contributed by atoms with van der Waals surface area (Å²) in [6.07, 6.45) is 1.03. The predicted molar refractivity (Wildman–Crippen MR) is 121 cm³/mol. The number of hydrogen-bond acceptors (Lipinski definition) is 6. The van der Waals surface area contributed by atoms with Gasteiger partial charge in [0, 0.05) is 39.3 Å². The third kappa shape index (κ3) is 6.92. The van der Waals surface area contributed by atoms with Crippen molar-refractivity contribution in [2.24, 2.45) is 0 Å². The Kier molecular flexibility index (Phi) is 8.08. The number of nitrogens with zero attached hydrogens (tertiary/aromatic N) is 3. The van der Waals surface area contributed by atoms with E-state index in [2.05, 4.69) is 40.1 Å². The minimum atomic E-state index is -4.67. The van der Waals surface area contributed by atoms with Crippen LogP contribution in [0.1, 0.15) is 11.1 Å². The van der Waals surface area contributed by atoms with Crippen LogP contribution in [0.4, 0.5) is 5.69 Å². The maximum absolute atomic E-state index is 12.8. The Morgan fingerprint density at radius 1 is 0.938 bits per heavy atom. The summed E-state index contributed by atoms with van der Waals surface area (Å²) in [6, 6.07) is 16.6. The first-order valence-corrected chi connectivity index (χ1v) is 11.8. The summed E-state index contributed by atoms with van der Waals surface area (Å²) >= 11 is 0. The number of piperazine rings is 1. The van der Waals surface area contributed by atoms with E-state index in [-0.39, 0.29) is 5.91 Å². The van der Waals surface area contributed by atoms with Gasteiger partial charge in [0.15, 0.2) is 0 Å². The first-order valence-electron chi connectivity index (χ1n) is 10.4. The van der Waals surface area contributed by atoms with Gasteiger partial charge in [-0.2, -0.15) is 8.42 Å². The highest BCUT2D eigenvalue weighted by molar-refractivity contribution is 7.79. The zero-order valence-corrected chi connectivity index (χ0v) is 18.9. The Bertz CT molecular complexity index is 1010. The average molecular weight is 464 g/mol. The van der Waals surface area contributed by atoms with Gasteiger partial charge in [0.05, 0.1) is 19.3 Å². The van der Waals surface area contributed by atoms with Gasteiger partial charge in [-0.05, 0) is 29.7 Å². The normalized spacial score (nSPS) is 16.6. The van der Waals surface area contributed by atoms with Crippen molar-refractivity contribution >= 4 is 22.0 Å². The number of amides is 1. The topological polar surface area (TPSA) is 111 Å². The van der Waals surface area contributed by atoms with Gasteiger partial charge in [0.25, 0.3) is 0 Å². The summed E-state index contributed by atoms with van der Waals surface area (Å²) in [5.74, 6) is 1.14. The van der Waals surface area contributed by atoms with E-state index in [0.29, 0.717) is 6.54 Å². The number of carbonyl (C=O) groups excluding carboxylic acids is 1. The van der Waals surface area contributed by atoms with Crippen molar-refractivity contribution in [2.75, 3.05) is 51.3 Å². The minimum absolute atomic E-state index is 0.244. The fourth-order valence-electron chi connectivity index (χ4n) is 4.07. The monoisotopic (exact) mass is 463 g/mol. The van der Waals surface area contributed by atoms with Crippen molar-refractivity contribution in [2.45, 2.75) is 13.0 Å². The zero-order valence-electron chi connectivity index (χ0n) is 18.1. The molecule has 4 rings (SSSR count). The van der Waals surface area contributed by atoms with Gasteiger partial charge in [-0.25, -0.2) is 0 Å². The summed E-state index contributed by atoms with van der Waals surface area (Å²) in [5.41, 5.74) is 3.89. The van der Waals surface area contributed by atoms with Gasteiger partial charge in [0.2, 0.25) is 5.91 Å². The van der Waals surface area contributed by atoms with Crippen molar-refractivity contribution in [3.8, 4) is 5.75 Å². The Hall–Kier alpha value is -2.66. The second kappa shape index (κ2) is 10.8. The fourth-order valence-corrected chi connectivity index (χ4v) is 4.07. The number of rotatable bonds is 4. The highest BCUT2D eigenvalue weighted by Crippen LogP contribution is 2.28. The van der Waals surface area contributed by atoms with Gasteiger partial charge in [0.1, 0.15) is 5.75 Å². The smallest absolute Gasteiger partial charge is 0.394 e. The van der Waals surface area contributed by atoms with Crippen molar-refractivity contribution in [1.29, 1.82) is 0 Å². The molecule has 174 valence electrons. The lowest BCUT2D eigenvalue weighted by Crippen LogP contribution is -2.51. The molecule has 0 atom stereocenters. The highest BCUT2D eigenvalue weighted by Gasteiger charge is 2.25. The molecular formula is C22H29N3O6S. The summed E-state index contributed by atoms with van der Waals surface area (Å²) < 4.78 is 37.1. The molecule has 0 aliphatic carbocycles. The first-order chi connectivity index (χ1) is 15.2. The Morgan fingerprint density at radius 3 is 2.19 bits per heavy atom. The summed E-state index contributed by atoms with van der Waals surface area (Å²) in [7, 11) is -2.96. The van der Waals surface area contributed by atoms with Crippen LogP contribution in [-0.4, -0.2) is 79.6 Å². The molecular weight excluding hydrogens is 434 g/mol. The van der Waals surface area contributed by atoms with Gasteiger partial charge in [-0.3, -0.25) is 18.8 Å². The number of para-hydroxylation sites is 2. The molecule has 1 fully saturated rings. The van der Waals surface area contributed by atoms with E-state index in [1.54, 1.807) is 7.11 Å². The maximum atomic E-state index is 12.8. The fraction of sp³-hybridized carbons (Fsp3) is 0.409. The third-order valence-corrected chi connectivity index (χ3v) is 5.63. The average Bonchev–Trinajstić information content (AvgIpc) is 2.78. The van der Waals surface area contributed by atoms with Crippen LogP contribution in [0.15, 0.2) is 48.5 Å². The number of anilines is 1. The molecule has 2 aromatic carbocycles. The van der Waals surface area contributed by atoms with E-state index in [0.717, 1.165) is 57.1 Å². The van der Waals surface area contributed by atoms with E-state index >= 15 is 0 Å². The van der Waals surface area contributed by atoms with Crippen LogP contribution in [0.25, 0.3) is 0 Å². The molecule has 0 unspecified atom stereocenters. The van der Waals surface area contributed by atoms with Crippen LogP contribution < -0.4 is 9.64 Å². The van der Waals surface area contributed by atoms with E-state index in [1.807, 2.05) is 23.1 Å². The number of benzene rings is 2. The molecule has 2 aromatic rings. The van der Waals surface area contributed by atoms with E-state index < -0.39 is 10.4 Å². The van der Waals surface area contributed by atoms with Crippen LogP contribution in [0.3, 0.4) is 0 Å². The van der Waals surface area contributed by atoms with Crippen LogP contribution in [-0.2, 0) is 28.2 Å². The van der Waals surface area contributed by atoms with Crippen molar-refractivity contribution in [3.63, 3.8) is 0 Å². The first kappa shape index (κ1) is 24.0. The molecule has 32 heavy (non-hydrogen) atoms. The molecule has 2 aliphatic heterocycles. The van der Waals surface area contributed by atoms with E-state index in [9.17, 15) is 4.79 Å². The van der Waals surface area contributed by atoms with Crippen LogP contribution in [0, 0.1) is 0 Å². The number of fused-ring (bicyclic) bond motifs is 1. The lowest BCUT2D eigenvalue weighted by Gasteiger charge is -2.38. The molecule has 10 heteroatoms. The van der Waals surface area contributed by atoms with Gasteiger partial charge >= 0.3 is 10.4 Å². The number of carbonyl (C=O) groups is 1. The highest BCUT2D eigenvalue weighted by atomic mass is 32.3. The Balaban J connectivity index is 0.000000523. The SMILES string of the molecule is COc1ccccc1N1CCN(C(=O)CN2CCc3ccccc3C2)CC1.O=S(=O)(O)O.